The Morgan fingerprint density at radius 3 is 2.57 bits per heavy atom. The summed E-state index contributed by atoms with van der Waals surface area (Å²) in [7, 11) is -3.85. The number of nitrogens with one attached hydrogen (secondary N) is 2. The van der Waals surface area contributed by atoms with Gasteiger partial charge in [0.15, 0.2) is 0 Å². The van der Waals surface area contributed by atoms with Crippen LogP contribution < -0.4 is 10.6 Å². The molecule has 0 saturated carbocycles. The van der Waals surface area contributed by atoms with E-state index in [1.54, 1.807) is 24.4 Å². The molecule has 160 valence electrons. The highest BCUT2D eigenvalue weighted by molar-refractivity contribution is 7.89. The second-order valence-corrected chi connectivity index (χ2v) is 8.79. The molecule has 30 heavy (non-hydrogen) atoms. The lowest BCUT2D eigenvalue weighted by Crippen LogP contribution is -2.53. The van der Waals surface area contributed by atoms with Crippen LogP contribution in [0.2, 0.25) is 5.02 Å². The van der Waals surface area contributed by atoms with Gasteiger partial charge in [-0.3, -0.25) is 14.6 Å². The average molecular weight is 453 g/mol. The number of benzene rings is 1. The number of aromatic nitrogens is 1. The summed E-state index contributed by atoms with van der Waals surface area (Å²) < 4.78 is 32.6. The minimum atomic E-state index is -3.85. The van der Waals surface area contributed by atoms with Crippen molar-refractivity contribution in [3.63, 3.8) is 0 Å². The molecule has 0 bridgehead atoms. The maximum absolute atomic E-state index is 13.0. The molecule has 1 aromatic heterocycles. The Hall–Kier alpha value is -2.53. The molecule has 2 N–H and O–H groups in total. The largest absolute Gasteiger partial charge is 0.360 e. The van der Waals surface area contributed by atoms with Crippen LogP contribution in [0.3, 0.4) is 0 Å². The Morgan fingerprint density at radius 1 is 1.13 bits per heavy atom. The van der Waals surface area contributed by atoms with Crippen molar-refractivity contribution in [3.05, 3.63) is 59.4 Å². The van der Waals surface area contributed by atoms with E-state index in [2.05, 4.69) is 15.6 Å². The number of pyridine rings is 1. The molecular formula is C19H21ClN4O5S. The maximum Gasteiger partial charge on any atom is 0.309 e. The van der Waals surface area contributed by atoms with Gasteiger partial charge in [0.1, 0.15) is 6.23 Å². The minimum absolute atomic E-state index is 0.0711. The van der Waals surface area contributed by atoms with Gasteiger partial charge in [-0.15, -0.1) is 0 Å². The summed E-state index contributed by atoms with van der Waals surface area (Å²) in [5.41, 5.74) is 0.606. The van der Waals surface area contributed by atoms with Gasteiger partial charge in [0.25, 0.3) is 0 Å². The molecule has 2 aromatic rings. The van der Waals surface area contributed by atoms with Gasteiger partial charge in [0.05, 0.1) is 30.3 Å². The summed E-state index contributed by atoms with van der Waals surface area (Å²) in [6.45, 7) is 0.517. The molecule has 1 saturated heterocycles. The van der Waals surface area contributed by atoms with Gasteiger partial charge < -0.3 is 15.4 Å². The van der Waals surface area contributed by atoms with Crippen LogP contribution in [0.1, 0.15) is 12.1 Å². The molecule has 1 atom stereocenters. The lowest BCUT2D eigenvalue weighted by atomic mass is 10.3. The van der Waals surface area contributed by atoms with E-state index in [0.29, 0.717) is 23.7 Å². The summed E-state index contributed by atoms with van der Waals surface area (Å²) in [6, 6.07) is 11.0. The topological polar surface area (TPSA) is 118 Å². The number of hydrogen-bond acceptors (Lipinski definition) is 6. The summed E-state index contributed by atoms with van der Waals surface area (Å²) in [5.74, 6) is -1.73. The molecule has 1 aliphatic rings. The maximum atomic E-state index is 13.0. The monoisotopic (exact) mass is 452 g/mol. The van der Waals surface area contributed by atoms with E-state index in [4.69, 9.17) is 16.3 Å². The molecule has 9 nitrogen and oxygen atoms in total. The first-order chi connectivity index (χ1) is 14.4. The molecule has 2 heterocycles. The number of rotatable bonds is 6. The Labute approximate surface area is 179 Å². The van der Waals surface area contributed by atoms with Crippen molar-refractivity contribution in [2.24, 2.45) is 0 Å². The normalized spacial score (nSPS) is 17.3. The van der Waals surface area contributed by atoms with Crippen molar-refractivity contribution in [2.75, 3.05) is 19.7 Å². The van der Waals surface area contributed by atoms with Gasteiger partial charge in [-0.25, -0.2) is 8.42 Å². The lowest BCUT2D eigenvalue weighted by Gasteiger charge is -2.34. The van der Waals surface area contributed by atoms with Crippen molar-refractivity contribution >= 4 is 33.4 Å². The molecule has 0 radical (unpaired) electrons. The predicted octanol–water partition coefficient (Wildman–Crippen LogP) is 0.905. The van der Waals surface area contributed by atoms with E-state index in [1.165, 1.54) is 28.6 Å². The number of halogens is 1. The second kappa shape index (κ2) is 9.98. The summed E-state index contributed by atoms with van der Waals surface area (Å²) in [6.07, 6.45) is 1.17. The smallest absolute Gasteiger partial charge is 0.309 e. The molecule has 3 rings (SSSR count). The minimum Gasteiger partial charge on any atom is -0.360 e. The zero-order valence-corrected chi connectivity index (χ0v) is 17.5. The molecular weight excluding hydrogens is 432 g/mol. The first kappa shape index (κ1) is 22.2. The third kappa shape index (κ3) is 5.54. The first-order valence-corrected chi connectivity index (χ1v) is 11.0. The van der Waals surface area contributed by atoms with Crippen LogP contribution in [0.5, 0.6) is 0 Å². The number of amides is 2. The number of nitrogens with zero attached hydrogens (tertiary/aromatic N) is 2. The van der Waals surface area contributed by atoms with Crippen LogP contribution >= 0.6 is 11.6 Å². The third-order valence-corrected chi connectivity index (χ3v) is 6.53. The van der Waals surface area contributed by atoms with Crippen LogP contribution in [0, 0.1) is 0 Å². The quantitative estimate of drug-likeness (QED) is 0.629. The van der Waals surface area contributed by atoms with E-state index < -0.39 is 28.1 Å². The Morgan fingerprint density at radius 2 is 1.87 bits per heavy atom. The van der Waals surface area contributed by atoms with Gasteiger partial charge in [0, 0.05) is 17.8 Å². The molecule has 0 unspecified atom stereocenters. The third-order valence-electron chi connectivity index (χ3n) is 4.37. The summed E-state index contributed by atoms with van der Waals surface area (Å²) in [5, 5.41) is 5.31. The zero-order valence-electron chi connectivity index (χ0n) is 16.0. The first-order valence-electron chi connectivity index (χ1n) is 9.23. The summed E-state index contributed by atoms with van der Waals surface area (Å²) >= 11 is 5.83. The van der Waals surface area contributed by atoms with Crippen LogP contribution in [0.4, 0.5) is 0 Å². The summed E-state index contributed by atoms with van der Waals surface area (Å²) in [4.78, 5) is 28.2. The van der Waals surface area contributed by atoms with E-state index in [-0.39, 0.29) is 24.5 Å². The van der Waals surface area contributed by atoms with E-state index in [9.17, 15) is 18.0 Å². The number of sulfonamides is 1. The molecule has 0 spiro atoms. The van der Waals surface area contributed by atoms with E-state index in [1.807, 2.05) is 0 Å². The molecule has 2 amide bonds. The van der Waals surface area contributed by atoms with Gasteiger partial charge in [-0.05, 0) is 42.8 Å². The molecule has 1 fully saturated rings. The van der Waals surface area contributed by atoms with E-state index in [0.717, 1.165) is 0 Å². The van der Waals surface area contributed by atoms with Gasteiger partial charge >= 0.3 is 11.8 Å². The van der Waals surface area contributed by atoms with Crippen LogP contribution in [-0.4, -0.2) is 55.4 Å². The van der Waals surface area contributed by atoms with Crippen molar-refractivity contribution < 1.29 is 22.7 Å². The van der Waals surface area contributed by atoms with Gasteiger partial charge in [-0.1, -0.05) is 17.7 Å². The Bertz CT molecular complexity index is 986. The molecule has 1 aromatic carbocycles. The average Bonchev–Trinajstić information content (AvgIpc) is 2.77. The lowest BCUT2D eigenvalue weighted by molar-refractivity contribution is -0.140. The molecule has 11 heteroatoms. The van der Waals surface area contributed by atoms with Crippen LogP contribution in [0.15, 0.2) is 53.6 Å². The highest BCUT2D eigenvalue weighted by atomic mass is 35.5. The fourth-order valence-electron chi connectivity index (χ4n) is 2.86. The molecule has 1 aliphatic heterocycles. The number of carbonyl (C=O) groups excluding carboxylic acids is 2. The van der Waals surface area contributed by atoms with Gasteiger partial charge in [0.2, 0.25) is 10.0 Å². The SMILES string of the molecule is O=C(NCc1ccccn1)C(=O)NC[C@@H]1OCCCN1S(=O)(=O)c1ccc(Cl)cc1. The number of hydrogen-bond donors (Lipinski definition) is 2. The zero-order chi connectivity index (χ0) is 21.6. The highest BCUT2D eigenvalue weighted by Gasteiger charge is 2.34. The van der Waals surface area contributed by atoms with Crippen LogP contribution in [0.25, 0.3) is 0 Å². The van der Waals surface area contributed by atoms with E-state index >= 15 is 0 Å². The van der Waals surface area contributed by atoms with Crippen molar-refractivity contribution in [2.45, 2.75) is 24.1 Å². The highest BCUT2D eigenvalue weighted by Crippen LogP contribution is 2.23. The number of ether oxygens (including phenoxy) is 1. The predicted molar refractivity (Wildman–Crippen MR) is 109 cm³/mol. The molecule has 0 aliphatic carbocycles. The van der Waals surface area contributed by atoms with Gasteiger partial charge in [-0.2, -0.15) is 4.31 Å². The second-order valence-electron chi connectivity index (χ2n) is 6.46. The van der Waals surface area contributed by atoms with Crippen molar-refractivity contribution in [1.29, 1.82) is 0 Å². The van der Waals surface area contributed by atoms with Crippen molar-refractivity contribution in [3.8, 4) is 0 Å². The standard InChI is InChI=1S/C19H21ClN4O5S/c20-14-5-7-16(8-6-14)30(27,28)24-10-3-11-29-17(24)13-23-19(26)18(25)22-12-15-4-1-2-9-21-15/h1-2,4-9,17H,3,10-13H2,(H,22,25)(H,23,26)/t17-/m0/s1. The fourth-order valence-corrected chi connectivity index (χ4v) is 4.55. The Kier molecular flexibility index (Phi) is 7.38. The fraction of sp³-hybridized carbons (Fsp3) is 0.316. The Balaban J connectivity index is 1.59. The van der Waals surface area contributed by atoms with Crippen molar-refractivity contribution in [1.82, 2.24) is 19.9 Å². The number of carbonyl (C=O) groups is 2. The van der Waals surface area contributed by atoms with Crippen LogP contribution in [-0.2, 0) is 30.9 Å².